The fraction of sp³-hybridized carbons (Fsp3) is 0.500. The molecule has 0 radical (unpaired) electrons. The van der Waals surface area contributed by atoms with E-state index in [9.17, 15) is 18.4 Å². The van der Waals surface area contributed by atoms with Crippen LogP contribution in [0.2, 0.25) is 5.02 Å². The number of amides is 3. The molecule has 3 unspecified atom stereocenters. The summed E-state index contributed by atoms with van der Waals surface area (Å²) in [5.74, 6) is -1.16. The minimum atomic E-state index is -1.05. The van der Waals surface area contributed by atoms with Gasteiger partial charge in [-0.15, -0.1) is 0 Å². The maximum atomic E-state index is 14.5. The van der Waals surface area contributed by atoms with E-state index in [1.807, 2.05) is 6.92 Å². The van der Waals surface area contributed by atoms with Crippen molar-refractivity contribution in [1.29, 1.82) is 0 Å². The highest BCUT2D eigenvalue weighted by atomic mass is 35.5. The zero-order valence-electron chi connectivity index (χ0n) is 17.6. The van der Waals surface area contributed by atoms with Gasteiger partial charge in [-0.05, 0) is 37.5 Å². The Balaban J connectivity index is 1.33. The monoisotopic (exact) mass is 463 g/mol. The molecule has 3 aliphatic rings. The lowest BCUT2D eigenvalue weighted by Crippen LogP contribution is -2.48. The fourth-order valence-electron chi connectivity index (χ4n) is 5.50. The Labute approximate surface area is 188 Å². The molecule has 1 aromatic carbocycles. The van der Waals surface area contributed by atoms with E-state index in [4.69, 9.17) is 17.3 Å². The van der Waals surface area contributed by atoms with Gasteiger partial charge in [-0.1, -0.05) is 18.5 Å². The SMILES string of the molecule is CCC1(F)C2CC(NC(=O)N3CCn4nc(-c5ccc(F)c(Cl)c5)c(C(N)=O)c4C3)C[C@@H]21. The molecule has 2 aliphatic carbocycles. The van der Waals surface area contributed by atoms with E-state index in [0.717, 1.165) is 0 Å². The van der Waals surface area contributed by atoms with Gasteiger partial charge in [0.05, 0.1) is 29.4 Å². The van der Waals surface area contributed by atoms with Crippen LogP contribution in [-0.4, -0.2) is 44.9 Å². The highest BCUT2D eigenvalue weighted by Gasteiger charge is 2.68. The molecule has 1 aromatic heterocycles. The smallest absolute Gasteiger partial charge is 0.318 e. The number of nitrogens with zero attached hydrogens (tertiary/aromatic N) is 3. The molecule has 2 heterocycles. The molecule has 2 saturated carbocycles. The van der Waals surface area contributed by atoms with Gasteiger partial charge in [0.15, 0.2) is 0 Å². The molecule has 1 aliphatic heterocycles. The van der Waals surface area contributed by atoms with Gasteiger partial charge in [0.25, 0.3) is 5.91 Å². The van der Waals surface area contributed by atoms with E-state index in [1.54, 1.807) is 9.58 Å². The van der Waals surface area contributed by atoms with Crippen LogP contribution in [0.3, 0.4) is 0 Å². The van der Waals surface area contributed by atoms with Crippen LogP contribution in [0, 0.1) is 17.7 Å². The van der Waals surface area contributed by atoms with Crippen LogP contribution < -0.4 is 11.1 Å². The first-order chi connectivity index (χ1) is 15.2. The lowest BCUT2D eigenvalue weighted by Gasteiger charge is -2.30. The first-order valence-electron chi connectivity index (χ1n) is 10.8. The average molecular weight is 464 g/mol. The van der Waals surface area contributed by atoms with E-state index in [1.165, 1.54) is 18.2 Å². The number of rotatable bonds is 4. The zero-order valence-corrected chi connectivity index (χ0v) is 18.3. The summed E-state index contributed by atoms with van der Waals surface area (Å²) >= 11 is 5.90. The van der Waals surface area contributed by atoms with Crippen molar-refractivity contribution in [3.05, 3.63) is 40.3 Å². The molecule has 0 bridgehead atoms. The minimum absolute atomic E-state index is 0.0349. The van der Waals surface area contributed by atoms with E-state index in [0.29, 0.717) is 49.3 Å². The molecule has 5 rings (SSSR count). The standard InChI is InChI=1S/C22H24ClF2N5O2/c1-2-22(25)13-8-12(9-14(13)22)27-21(32)29-5-6-30-17(10-29)18(20(26)31)19(28-30)11-3-4-16(24)15(23)7-11/h3-4,7,12-14H,2,5-6,8-10H2,1H3,(H2,26,31)(H,27,32)/t12?,13-,14?,22?/m0/s1. The number of halogens is 3. The number of benzene rings is 1. The summed E-state index contributed by atoms with van der Waals surface area (Å²) < 4.78 is 29.7. The molecule has 0 saturated heterocycles. The predicted molar refractivity (Wildman–Crippen MR) is 114 cm³/mol. The first kappa shape index (κ1) is 21.2. The van der Waals surface area contributed by atoms with Crippen LogP contribution in [0.4, 0.5) is 13.6 Å². The normalized spacial score (nSPS) is 28.2. The van der Waals surface area contributed by atoms with Gasteiger partial charge in [-0.2, -0.15) is 5.10 Å². The summed E-state index contributed by atoms with van der Waals surface area (Å²) in [5, 5.41) is 7.42. The van der Waals surface area contributed by atoms with E-state index >= 15 is 0 Å². The van der Waals surface area contributed by atoms with Gasteiger partial charge in [-0.25, -0.2) is 13.6 Å². The number of nitrogens with two attached hydrogens (primary N) is 1. The number of carbonyl (C=O) groups is 2. The summed E-state index contributed by atoms with van der Waals surface area (Å²) in [5.41, 5.74) is 6.10. The zero-order chi connectivity index (χ0) is 22.8. The molecule has 10 heteroatoms. The second-order valence-corrected chi connectivity index (χ2v) is 9.33. The molecule has 2 fully saturated rings. The molecule has 170 valence electrons. The molecule has 3 N–H and O–H groups in total. The Kier molecular flexibility index (Phi) is 4.92. The number of fused-ring (bicyclic) bond motifs is 2. The van der Waals surface area contributed by atoms with E-state index in [-0.39, 0.29) is 41.0 Å². The van der Waals surface area contributed by atoms with Gasteiger partial charge in [0, 0.05) is 30.0 Å². The average Bonchev–Trinajstić information content (AvgIpc) is 3.11. The molecule has 0 spiro atoms. The lowest BCUT2D eigenvalue weighted by atomic mass is 10.0. The maximum absolute atomic E-state index is 14.5. The predicted octanol–water partition coefficient (Wildman–Crippen LogP) is 3.49. The second kappa shape index (κ2) is 7.43. The molecular formula is C22H24ClF2N5O2. The van der Waals surface area contributed by atoms with Crippen molar-refractivity contribution in [3.63, 3.8) is 0 Å². The largest absolute Gasteiger partial charge is 0.365 e. The third-order valence-corrected chi connectivity index (χ3v) is 7.55. The topological polar surface area (TPSA) is 93.2 Å². The Morgan fingerprint density at radius 1 is 1.31 bits per heavy atom. The van der Waals surface area contributed by atoms with Crippen LogP contribution in [0.5, 0.6) is 0 Å². The quantitative estimate of drug-likeness (QED) is 0.726. The van der Waals surface area contributed by atoms with Crippen LogP contribution in [-0.2, 0) is 13.1 Å². The third-order valence-electron chi connectivity index (χ3n) is 7.26. The number of hydrogen-bond acceptors (Lipinski definition) is 3. The Bertz CT molecular complexity index is 1110. The van der Waals surface area contributed by atoms with Crippen LogP contribution in [0.15, 0.2) is 18.2 Å². The highest BCUT2D eigenvalue weighted by Crippen LogP contribution is 2.64. The van der Waals surface area contributed by atoms with Gasteiger partial charge in [0.2, 0.25) is 0 Å². The summed E-state index contributed by atoms with van der Waals surface area (Å²) in [6.07, 6.45) is 1.85. The number of nitrogens with one attached hydrogen (secondary N) is 1. The molecule has 4 atom stereocenters. The highest BCUT2D eigenvalue weighted by molar-refractivity contribution is 6.31. The van der Waals surface area contributed by atoms with Gasteiger partial charge < -0.3 is 16.0 Å². The maximum Gasteiger partial charge on any atom is 0.318 e. The molecule has 32 heavy (non-hydrogen) atoms. The lowest BCUT2D eigenvalue weighted by molar-refractivity contribution is 0.0997. The second-order valence-electron chi connectivity index (χ2n) is 8.92. The van der Waals surface area contributed by atoms with Crippen molar-refractivity contribution in [3.8, 4) is 11.3 Å². The minimum Gasteiger partial charge on any atom is -0.365 e. The molecule has 2 aromatic rings. The van der Waals surface area contributed by atoms with Crippen molar-refractivity contribution >= 4 is 23.5 Å². The van der Waals surface area contributed by atoms with Crippen molar-refractivity contribution in [2.75, 3.05) is 6.54 Å². The van der Waals surface area contributed by atoms with E-state index in [2.05, 4.69) is 10.4 Å². The van der Waals surface area contributed by atoms with Crippen molar-refractivity contribution in [2.45, 2.75) is 51.0 Å². The summed E-state index contributed by atoms with van der Waals surface area (Å²) in [6.45, 7) is 2.82. The van der Waals surface area contributed by atoms with Crippen LogP contribution >= 0.6 is 11.6 Å². The van der Waals surface area contributed by atoms with Gasteiger partial charge >= 0.3 is 6.03 Å². The van der Waals surface area contributed by atoms with Crippen LogP contribution in [0.1, 0.15) is 42.2 Å². The van der Waals surface area contributed by atoms with Crippen molar-refractivity contribution in [1.82, 2.24) is 20.0 Å². The van der Waals surface area contributed by atoms with Gasteiger partial charge in [0.1, 0.15) is 17.2 Å². The number of primary amides is 1. The van der Waals surface area contributed by atoms with Crippen LogP contribution in [0.25, 0.3) is 11.3 Å². The summed E-state index contributed by atoms with van der Waals surface area (Å²) in [4.78, 5) is 26.8. The number of alkyl halides is 1. The third kappa shape index (κ3) is 3.25. The Morgan fingerprint density at radius 2 is 2.03 bits per heavy atom. The molecule has 3 amide bonds. The Hall–Kier alpha value is -2.68. The Morgan fingerprint density at radius 3 is 2.66 bits per heavy atom. The van der Waals surface area contributed by atoms with Crippen molar-refractivity contribution < 1.29 is 18.4 Å². The number of aromatic nitrogens is 2. The van der Waals surface area contributed by atoms with E-state index < -0.39 is 17.4 Å². The molecular weight excluding hydrogens is 440 g/mol. The number of urea groups is 1. The summed E-state index contributed by atoms with van der Waals surface area (Å²) in [6, 6.07) is 3.81. The fourth-order valence-corrected chi connectivity index (χ4v) is 5.68. The number of hydrogen-bond donors (Lipinski definition) is 2. The molecule has 7 nitrogen and oxygen atoms in total. The first-order valence-corrected chi connectivity index (χ1v) is 11.2. The number of carbonyl (C=O) groups excluding carboxylic acids is 2. The van der Waals surface area contributed by atoms with Crippen molar-refractivity contribution in [2.24, 2.45) is 17.6 Å². The summed E-state index contributed by atoms with van der Waals surface area (Å²) in [7, 11) is 0. The van der Waals surface area contributed by atoms with Gasteiger partial charge in [-0.3, -0.25) is 9.48 Å².